The Bertz CT molecular complexity index is 769. The zero-order valence-electron chi connectivity index (χ0n) is 13.6. The molecule has 1 atom stereocenters. The van der Waals surface area contributed by atoms with E-state index < -0.39 is 34.0 Å². The molecule has 0 bridgehead atoms. The first-order chi connectivity index (χ1) is 11.7. The van der Waals surface area contributed by atoms with Crippen molar-refractivity contribution in [3.8, 4) is 0 Å². The molecular formula is C15H19N3O6S. The number of carbonyl (C=O) groups excluding carboxylic acids is 3. The largest absolute Gasteiger partial charge is 0.449 e. The van der Waals surface area contributed by atoms with Crippen molar-refractivity contribution >= 4 is 27.9 Å². The van der Waals surface area contributed by atoms with Gasteiger partial charge in [0, 0.05) is 13.1 Å². The van der Waals surface area contributed by atoms with Crippen molar-refractivity contribution in [3.63, 3.8) is 0 Å². The summed E-state index contributed by atoms with van der Waals surface area (Å²) in [5.74, 6) is -1.67. The molecule has 25 heavy (non-hydrogen) atoms. The minimum atomic E-state index is -3.57. The molecule has 0 saturated carbocycles. The molecule has 0 aromatic heterocycles. The number of nitrogens with two attached hydrogens (primary N) is 1. The number of esters is 1. The summed E-state index contributed by atoms with van der Waals surface area (Å²) in [5, 5.41) is 1.80. The Balaban J connectivity index is 2.05. The number of primary amides is 1. The Labute approximate surface area is 145 Å². The molecule has 136 valence electrons. The molecule has 1 aliphatic heterocycles. The number of nitrogens with one attached hydrogen (secondary N) is 1. The second-order valence-corrected chi connectivity index (χ2v) is 7.47. The second kappa shape index (κ2) is 7.62. The molecule has 1 aliphatic rings. The maximum atomic E-state index is 12.4. The van der Waals surface area contributed by atoms with Gasteiger partial charge in [-0.2, -0.15) is 4.31 Å². The van der Waals surface area contributed by atoms with Crippen LogP contribution in [0.1, 0.15) is 30.1 Å². The van der Waals surface area contributed by atoms with Crippen LogP contribution in [0.3, 0.4) is 0 Å². The first-order valence-corrected chi connectivity index (χ1v) is 9.07. The summed E-state index contributed by atoms with van der Waals surface area (Å²) in [4.78, 5) is 34.2. The van der Waals surface area contributed by atoms with Gasteiger partial charge in [0.1, 0.15) is 0 Å². The molecule has 10 heteroatoms. The Morgan fingerprint density at radius 1 is 1.16 bits per heavy atom. The standard InChI is InChI=1S/C15H19N3O6S/c1-10(13(19)17-15(16)21)24-14(20)11-4-6-12(7-5-11)25(22,23)18-8-2-3-9-18/h4-7,10H,2-3,8-9H2,1H3,(H3,16,17,19,21)/t10-/m1/s1. The van der Waals surface area contributed by atoms with E-state index >= 15 is 0 Å². The molecule has 1 heterocycles. The summed E-state index contributed by atoms with van der Waals surface area (Å²) in [7, 11) is -3.57. The molecule has 3 amide bonds. The Morgan fingerprint density at radius 3 is 2.24 bits per heavy atom. The first-order valence-electron chi connectivity index (χ1n) is 7.63. The molecule has 0 aliphatic carbocycles. The van der Waals surface area contributed by atoms with Gasteiger partial charge in [-0.25, -0.2) is 18.0 Å². The molecule has 0 radical (unpaired) electrons. The van der Waals surface area contributed by atoms with Crippen LogP contribution in [-0.2, 0) is 19.6 Å². The molecule has 1 fully saturated rings. The van der Waals surface area contributed by atoms with Crippen molar-refractivity contribution in [3.05, 3.63) is 29.8 Å². The number of nitrogens with zero attached hydrogens (tertiary/aromatic N) is 1. The normalized spacial score (nSPS) is 16.2. The predicted octanol–water partition coefficient (Wildman–Crippen LogP) is 0.211. The topological polar surface area (TPSA) is 136 Å². The molecule has 0 unspecified atom stereocenters. The van der Waals surface area contributed by atoms with Gasteiger partial charge in [-0.15, -0.1) is 0 Å². The minimum Gasteiger partial charge on any atom is -0.449 e. The highest BCUT2D eigenvalue weighted by molar-refractivity contribution is 7.89. The number of urea groups is 1. The zero-order chi connectivity index (χ0) is 18.6. The Morgan fingerprint density at radius 2 is 1.72 bits per heavy atom. The van der Waals surface area contributed by atoms with E-state index in [1.165, 1.54) is 35.5 Å². The molecule has 1 saturated heterocycles. The molecule has 1 aromatic rings. The fourth-order valence-corrected chi connectivity index (χ4v) is 3.86. The monoisotopic (exact) mass is 369 g/mol. The van der Waals surface area contributed by atoms with Crippen LogP contribution in [0.15, 0.2) is 29.2 Å². The number of ether oxygens (including phenoxy) is 1. The minimum absolute atomic E-state index is 0.0825. The van der Waals surface area contributed by atoms with E-state index in [1.54, 1.807) is 5.32 Å². The SMILES string of the molecule is C[C@@H](OC(=O)c1ccc(S(=O)(=O)N2CCCC2)cc1)C(=O)NC(N)=O. The van der Waals surface area contributed by atoms with Crippen LogP contribution in [0.25, 0.3) is 0 Å². The summed E-state index contributed by atoms with van der Waals surface area (Å²) in [6.45, 7) is 2.25. The number of rotatable bonds is 5. The summed E-state index contributed by atoms with van der Waals surface area (Å²) in [6, 6.07) is 4.20. The van der Waals surface area contributed by atoms with E-state index in [0.29, 0.717) is 13.1 Å². The Kier molecular flexibility index (Phi) is 5.75. The third-order valence-corrected chi connectivity index (χ3v) is 5.61. The van der Waals surface area contributed by atoms with Gasteiger partial charge in [0.05, 0.1) is 10.5 Å². The lowest BCUT2D eigenvalue weighted by Crippen LogP contribution is -2.42. The van der Waals surface area contributed by atoms with Crippen molar-refractivity contribution in [1.29, 1.82) is 0 Å². The molecule has 2 rings (SSSR count). The van der Waals surface area contributed by atoms with Crippen molar-refractivity contribution in [2.45, 2.75) is 30.8 Å². The third-order valence-electron chi connectivity index (χ3n) is 3.69. The zero-order valence-corrected chi connectivity index (χ0v) is 14.4. The van der Waals surface area contributed by atoms with Crippen LogP contribution in [-0.4, -0.2) is 49.8 Å². The van der Waals surface area contributed by atoms with Crippen molar-refractivity contribution in [2.24, 2.45) is 5.73 Å². The third kappa shape index (κ3) is 4.54. The highest BCUT2D eigenvalue weighted by Gasteiger charge is 2.27. The van der Waals surface area contributed by atoms with Gasteiger partial charge in [-0.3, -0.25) is 10.1 Å². The highest BCUT2D eigenvalue weighted by atomic mass is 32.2. The van der Waals surface area contributed by atoms with Gasteiger partial charge in [0.25, 0.3) is 5.91 Å². The number of amides is 3. The van der Waals surface area contributed by atoms with Gasteiger partial charge in [-0.1, -0.05) is 0 Å². The summed E-state index contributed by atoms with van der Waals surface area (Å²) < 4.78 is 31.1. The van der Waals surface area contributed by atoms with Crippen LogP contribution in [0.2, 0.25) is 0 Å². The van der Waals surface area contributed by atoms with Crippen LogP contribution >= 0.6 is 0 Å². The maximum Gasteiger partial charge on any atom is 0.338 e. The number of benzene rings is 1. The van der Waals surface area contributed by atoms with Crippen molar-refractivity contribution in [2.75, 3.05) is 13.1 Å². The molecule has 9 nitrogen and oxygen atoms in total. The van der Waals surface area contributed by atoms with Gasteiger partial charge >= 0.3 is 12.0 Å². The average Bonchev–Trinajstić information content (AvgIpc) is 3.09. The summed E-state index contributed by atoms with van der Waals surface area (Å²) >= 11 is 0. The van der Waals surface area contributed by atoms with E-state index in [-0.39, 0.29) is 10.5 Å². The quantitative estimate of drug-likeness (QED) is 0.712. The fourth-order valence-electron chi connectivity index (χ4n) is 2.35. The summed E-state index contributed by atoms with van der Waals surface area (Å²) in [6.07, 6.45) is 0.428. The predicted molar refractivity (Wildman–Crippen MR) is 87.0 cm³/mol. The van der Waals surface area contributed by atoms with Gasteiger partial charge in [0.15, 0.2) is 6.10 Å². The molecule has 3 N–H and O–H groups in total. The number of carbonyl (C=O) groups is 3. The lowest BCUT2D eigenvalue weighted by Gasteiger charge is -2.16. The lowest BCUT2D eigenvalue weighted by molar-refractivity contribution is -0.127. The van der Waals surface area contributed by atoms with Gasteiger partial charge < -0.3 is 10.5 Å². The van der Waals surface area contributed by atoms with E-state index in [9.17, 15) is 22.8 Å². The van der Waals surface area contributed by atoms with Crippen LogP contribution < -0.4 is 11.1 Å². The van der Waals surface area contributed by atoms with E-state index in [4.69, 9.17) is 10.5 Å². The second-order valence-electron chi connectivity index (χ2n) is 5.54. The van der Waals surface area contributed by atoms with Gasteiger partial charge in [-0.05, 0) is 44.0 Å². The van der Waals surface area contributed by atoms with E-state index in [2.05, 4.69) is 0 Å². The van der Waals surface area contributed by atoms with Crippen LogP contribution in [0.5, 0.6) is 0 Å². The van der Waals surface area contributed by atoms with E-state index in [1.807, 2.05) is 0 Å². The first kappa shape index (κ1) is 18.9. The van der Waals surface area contributed by atoms with Gasteiger partial charge in [0.2, 0.25) is 10.0 Å². The van der Waals surface area contributed by atoms with Crippen molar-refractivity contribution < 1.29 is 27.5 Å². The molecular weight excluding hydrogens is 350 g/mol. The maximum absolute atomic E-state index is 12.4. The summed E-state index contributed by atoms with van der Waals surface area (Å²) in [5.41, 5.74) is 4.89. The fraction of sp³-hybridized carbons (Fsp3) is 0.400. The van der Waals surface area contributed by atoms with E-state index in [0.717, 1.165) is 12.8 Å². The Hall–Kier alpha value is -2.46. The molecule has 0 spiro atoms. The van der Waals surface area contributed by atoms with Crippen molar-refractivity contribution in [1.82, 2.24) is 9.62 Å². The van der Waals surface area contributed by atoms with Crippen LogP contribution in [0, 0.1) is 0 Å². The lowest BCUT2D eigenvalue weighted by atomic mass is 10.2. The van der Waals surface area contributed by atoms with Crippen LogP contribution in [0.4, 0.5) is 4.79 Å². The number of hydrogen-bond acceptors (Lipinski definition) is 6. The number of imide groups is 1. The number of hydrogen-bond donors (Lipinski definition) is 2. The highest BCUT2D eigenvalue weighted by Crippen LogP contribution is 2.21. The smallest absolute Gasteiger partial charge is 0.338 e. The number of sulfonamides is 1. The molecule has 1 aromatic carbocycles. The average molecular weight is 369 g/mol.